The average Bonchev–Trinajstić information content (AvgIpc) is 2.95. The highest BCUT2D eigenvalue weighted by Crippen LogP contribution is 2.24. The lowest BCUT2D eigenvalue weighted by Crippen LogP contribution is -2.33. The monoisotopic (exact) mass is 321 g/mol. The second kappa shape index (κ2) is 8.60. The minimum atomic E-state index is -0.286. The molecule has 0 bridgehead atoms. The molecule has 2 N–H and O–H groups in total. The van der Waals surface area contributed by atoms with Crippen LogP contribution in [0, 0.1) is 5.82 Å². The number of benzene rings is 1. The summed E-state index contributed by atoms with van der Waals surface area (Å²) >= 11 is 1.42. The summed E-state index contributed by atoms with van der Waals surface area (Å²) in [6.07, 6.45) is 1.33. The molecule has 0 aliphatic carbocycles. The molecule has 0 aliphatic rings. The molecular weight excluding hydrogens is 301 g/mol. The molecular formula is C16H20FN3OS. The normalized spacial score (nSPS) is 10.6. The van der Waals surface area contributed by atoms with E-state index in [2.05, 4.69) is 22.5 Å². The molecule has 0 unspecified atom stereocenters. The van der Waals surface area contributed by atoms with Crippen LogP contribution in [0.1, 0.15) is 19.0 Å². The van der Waals surface area contributed by atoms with Crippen molar-refractivity contribution < 1.29 is 9.18 Å². The number of nitrogens with one attached hydrogen (secondary N) is 2. The third-order valence-electron chi connectivity index (χ3n) is 3.02. The van der Waals surface area contributed by atoms with Crippen LogP contribution in [0.3, 0.4) is 0 Å². The fourth-order valence-electron chi connectivity index (χ4n) is 1.96. The number of carbonyl (C=O) groups excluding carboxylic acids is 1. The number of amides is 1. The molecule has 6 heteroatoms. The Balaban J connectivity index is 1.83. The summed E-state index contributed by atoms with van der Waals surface area (Å²) in [5, 5.41) is 8.64. The van der Waals surface area contributed by atoms with Crippen LogP contribution < -0.4 is 10.6 Å². The fraction of sp³-hybridized carbons (Fsp3) is 0.375. The first-order chi connectivity index (χ1) is 10.7. The van der Waals surface area contributed by atoms with E-state index in [4.69, 9.17) is 0 Å². The lowest BCUT2D eigenvalue weighted by Gasteiger charge is -2.05. The van der Waals surface area contributed by atoms with Gasteiger partial charge in [0.1, 0.15) is 10.8 Å². The second-order valence-corrected chi connectivity index (χ2v) is 5.79. The maximum absolute atomic E-state index is 13.2. The fourth-order valence-corrected chi connectivity index (χ4v) is 2.78. The molecule has 0 atom stereocenters. The van der Waals surface area contributed by atoms with Crippen molar-refractivity contribution in [2.45, 2.75) is 19.8 Å². The van der Waals surface area contributed by atoms with Gasteiger partial charge in [-0.1, -0.05) is 19.1 Å². The van der Waals surface area contributed by atoms with Crippen LogP contribution >= 0.6 is 11.3 Å². The van der Waals surface area contributed by atoms with Gasteiger partial charge in [0.15, 0.2) is 0 Å². The zero-order valence-electron chi connectivity index (χ0n) is 12.6. The van der Waals surface area contributed by atoms with E-state index in [0.29, 0.717) is 12.2 Å². The Morgan fingerprint density at radius 2 is 2.18 bits per heavy atom. The highest BCUT2D eigenvalue weighted by Gasteiger charge is 2.09. The Bertz CT molecular complexity index is 615. The van der Waals surface area contributed by atoms with Crippen LogP contribution in [0.4, 0.5) is 4.39 Å². The third-order valence-corrected chi connectivity index (χ3v) is 3.96. The van der Waals surface area contributed by atoms with Crippen LogP contribution in [0.5, 0.6) is 0 Å². The summed E-state index contributed by atoms with van der Waals surface area (Å²) in [7, 11) is 0. The van der Waals surface area contributed by atoms with Crippen LogP contribution in [-0.2, 0) is 11.2 Å². The number of rotatable bonds is 8. The lowest BCUT2D eigenvalue weighted by molar-refractivity contribution is -0.120. The molecule has 22 heavy (non-hydrogen) atoms. The first-order valence-corrected chi connectivity index (χ1v) is 8.24. The minimum absolute atomic E-state index is 0.0469. The molecule has 1 amide bonds. The number of halogens is 1. The Labute approximate surface area is 133 Å². The largest absolute Gasteiger partial charge is 0.354 e. The van der Waals surface area contributed by atoms with E-state index in [0.717, 1.165) is 30.1 Å². The summed E-state index contributed by atoms with van der Waals surface area (Å²) in [4.78, 5) is 16.2. The molecule has 1 aromatic heterocycles. The molecule has 0 aliphatic heterocycles. The molecule has 0 spiro atoms. The Morgan fingerprint density at radius 3 is 2.95 bits per heavy atom. The van der Waals surface area contributed by atoms with Crippen LogP contribution in [-0.4, -0.2) is 30.5 Å². The first kappa shape index (κ1) is 16.6. The van der Waals surface area contributed by atoms with Gasteiger partial charge in [-0.3, -0.25) is 4.79 Å². The van der Waals surface area contributed by atoms with Gasteiger partial charge in [0.25, 0.3) is 0 Å². The SMILES string of the molecule is CCCNCCNC(=O)Cc1csc(-c2cccc(F)c2)n1. The predicted octanol–water partition coefficient (Wildman–Crippen LogP) is 2.61. The molecule has 0 fully saturated rings. The zero-order chi connectivity index (χ0) is 15.8. The van der Waals surface area contributed by atoms with E-state index in [9.17, 15) is 9.18 Å². The van der Waals surface area contributed by atoms with Gasteiger partial charge in [0, 0.05) is 24.0 Å². The number of hydrogen-bond donors (Lipinski definition) is 2. The van der Waals surface area contributed by atoms with E-state index in [1.165, 1.54) is 23.5 Å². The number of hydrogen-bond acceptors (Lipinski definition) is 4. The quantitative estimate of drug-likeness (QED) is 0.735. The van der Waals surface area contributed by atoms with Crippen molar-refractivity contribution in [2.75, 3.05) is 19.6 Å². The molecule has 0 saturated heterocycles. The van der Waals surface area contributed by atoms with E-state index in [1.807, 2.05) is 11.4 Å². The summed E-state index contributed by atoms with van der Waals surface area (Å²) in [5.74, 6) is -0.332. The van der Waals surface area contributed by atoms with E-state index in [-0.39, 0.29) is 18.1 Å². The smallest absolute Gasteiger partial charge is 0.226 e. The maximum Gasteiger partial charge on any atom is 0.226 e. The lowest BCUT2D eigenvalue weighted by atomic mass is 10.2. The molecule has 4 nitrogen and oxygen atoms in total. The van der Waals surface area contributed by atoms with Gasteiger partial charge in [0.2, 0.25) is 5.91 Å². The van der Waals surface area contributed by atoms with Crippen molar-refractivity contribution in [1.82, 2.24) is 15.6 Å². The molecule has 118 valence electrons. The second-order valence-electron chi connectivity index (χ2n) is 4.93. The van der Waals surface area contributed by atoms with Crippen LogP contribution in [0.15, 0.2) is 29.6 Å². The molecule has 1 aromatic carbocycles. The van der Waals surface area contributed by atoms with Gasteiger partial charge in [0.05, 0.1) is 12.1 Å². The zero-order valence-corrected chi connectivity index (χ0v) is 13.4. The molecule has 1 heterocycles. The van der Waals surface area contributed by atoms with Gasteiger partial charge in [-0.2, -0.15) is 0 Å². The van der Waals surface area contributed by atoms with E-state index < -0.39 is 0 Å². The number of thiazole rings is 1. The van der Waals surface area contributed by atoms with Crippen molar-refractivity contribution in [2.24, 2.45) is 0 Å². The van der Waals surface area contributed by atoms with Crippen molar-refractivity contribution in [3.63, 3.8) is 0 Å². The number of nitrogens with zero attached hydrogens (tertiary/aromatic N) is 1. The Hall–Kier alpha value is -1.79. The predicted molar refractivity (Wildman–Crippen MR) is 87.4 cm³/mol. The van der Waals surface area contributed by atoms with Gasteiger partial charge in [-0.05, 0) is 25.1 Å². The van der Waals surface area contributed by atoms with Gasteiger partial charge in [-0.15, -0.1) is 11.3 Å². The molecule has 0 radical (unpaired) electrons. The first-order valence-electron chi connectivity index (χ1n) is 7.37. The maximum atomic E-state index is 13.2. The Morgan fingerprint density at radius 1 is 1.32 bits per heavy atom. The summed E-state index contributed by atoms with van der Waals surface area (Å²) in [5.41, 5.74) is 1.45. The Kier molecular flexibility index (Phi) is 6.48. The summed E-state index contributed by atoms with van der Waals surface area (Å²) in [6, 6.07) is 6.31. The minimum Gasteiger partial charge on any atom is -0.354 e. The highest BCUT2D eigenvalue weighted by molar-refractivity contribution is 7.13. The number of aromatic nitrogens is 1. The standard InChI is InChI=1S/C16H20FN3OS/c1-2-6-18-7-8-19-15(21)10-14-11-22-16(20-14)12-4-3-5-13(17)9-12/h3-5,9,11,18H,2,6-8,10H2,1H3,(H,19,21). The molecule has 0 saturated carbocycles. The van der Waals surface area contributed by atoms with Crippen molar-refractivity contribution in [3.8, 4) is 10.6 Å². The third kappa shape index (κ3) is 5.20. The topological polar surface area (TPSA) is 54.0 Å². The molecule has 2 aromatic rings. The van der Waals surface area contributed by atoms with Crippen molar-refractivity contribution in [3.05, 3.63) is 41.2 Å². The number of carbonyl (C=O) groups is 1. The summed E-state index contributed by atoms with van der Waals surface area (Å²) < 4.78 is 13.2. The van der Waals surface area contributed by atoms with Crippen molar-refractivity contribution >= 4 is 17.2 Å². The average molecular weight is 321 g/mol. The van der Waals surface area contributed by atoms with Crippen LogP contribution in [0.2, 0.25) is 0 Å². The van der Waals surface area contributed by atoms with E-state index in [1.54, 1.807) is 6.07 Å². The summed E-state index contributed by atoms with van der Waals surface area (Å²) in [6.45, 7) is 4.44. The van der Waals surface area contributed by atoms with Crippen molar-refractivity contribution in [1.29, 1.82) is 0 Å². The van der Waals surface area contributed by atoms with Gasteiger partial charge < -0.3 is 10.6 Å². The van der Waals surface area contributed by atoms with E-state index >= 15 is 0 Å². The van der Waals surface area contributed by atoms with Gasteiger partial charge in [-0.25, -0.2) is 9.37 Å². The highest BCUT2D eigenvalue weighted by atomic mass is 32.1. The van der Waals surface area contributed by atoms with Crippen LogP contribution in [0.25, 0.3) is 10.6 Å². The molecule has 2 rings (SSSR count). The van der Waals surface area contributed by atoms with Gasteiger partial charge >= 0.3 is 0 Å².